The van der Waals surface area contributed by atoms with Crippen molar-refractivity contribution in [3.8, 4) is 0 Å². The van der Waals surface area contributed by atoms with Crippen LogP contribution in [-0.2, 0) is 24.0 Å². The molecule has 1 saturated heterocycles. The van der Waals surface area contributed by atoms with E-state index in [2.05, 4.69) is 39.4 Å². The molecule has 1 unspecified atom stereocenters. The first-order valence-electron chi connectivity index (χ1n) is 18.8. The molecule has 0 aromatic heterocycles. The number of likely N-dealkylation sites (tertiary alicyclic amines) is 1. The van der Waals surface area contributed by atoms with E-state index in [1.807, 2.05) is 27.7 Å². The second-order valence-corrected chi connectivity index (χ2v) is 15.8. The zero-order valence-corrected chi connectivity index (χ0v) is 30.9. The number of allylic oxidation sites excluding steroid dienone is 2. The highest BCUT2D eigenvalue weighted by Crippen LogP contribution is 2.43. The van der Waals surface area contributed by atoms with E-state index >= 15 is 0 Å². The van der Waals surface area contributed by atoms with Gasteiger partial charge in [0, 0.05) is 24.5 Å². The van der Waals surface area contributed by atoms with E-state index < -0.39 is 41.3 Å². The maximum Gasteiger partial charge on any atom is 0.289 e. The number of rotatable bonds is 16. The van der Waals surface area contributed by atoms with Crippen LogP contribution in [0.1, 0.15) is 112 Å². The van der Waals surface area contributed by atoms with Crippen molar-refractivity contribution < 1.29 is 24.0 Å². The van der Waals surface area contributed by atoms with Crippen molar-refractivity contribution in [1.29, 1.82) is 0 Å². The molecule has 11 nitrogen and oxygen atoms in total. The predicted octanol–water partition coefficient (Wildman–Crippen LogP) is 4.49. The normalized spacial score (nSPS) is 24.5. The maximum atomic E-state index is 14.7. The minimum Gasteiger partial charge on any atom is -0.375 e. The number of fused-ring (bicyclic) bond motifs is 1. The summed E-state index contributed by atoms with van der Waals surface area (Å²) in [5, 5.41) is 12.3. The van der Waals surface area contributed by atoms with Crippen LogP contribution in [0.3, 0.4) is 0 Å². The first kappa shape index (κ1) is 39.0. The molecule has 276 valence electrons. The third-order valence-corrected chi connectivity index (χ3v) is 10.8. The first-order chi connectivity index (χ1) is 23.8. The largest absolute Gasteiger partial charge is 0.375 e. The van der Waals surface area contributed by atoms with Crippen molar-refractivity contribution in [3.63, 3.8) is 0 Å². The van der Waals surface area contributed by atoms with Crippen LogP contribution < -0.4 is 21.3 Å². The van der Waals surface area contributed by atoms with Gasteiger partial charge in [-0.15, -0.1) is 0 Å². The van der Waals surface area contributed by atoms with E-state index in [1.165, 1.54) is 12.3 Å². The lowest BCUT2D eigenvalue weighted by Gasteiger charge is -2.40. The summed E-state index contributed by atoms with van der Waals surface area (Å²) in [6, 6.07) is -2.84. The molecule has 0 aromatic rings. The van der Waals surface area contributed by atoms with E-state index in [4.69, 9.17) is 0 Å². The number of hydrogen-bond acceptors (Lipinski definition) is 7. The van der Waals surface area contributed by atoms with Gasteiger partial charge in [-0.1, -0.05) is 85.1 Å². The van der Waals surface area contributed by atoms with Gasteiger partial charge in [-0.25, -0.2) is 0 Å². The number of nitrogens with one attached hydrogen (secondary N) is 4. The number of amides is 4. The fourth-order valence-corrected chi connectivity index (χ4v) is 7.98. The van der Waals surface area contributed by atoms with E-state index in [-0.39, 0.29) is 47.2 Å². The molecule has 4 fully saturated rings. The third-order valence-electron chi connectivity index (χ3n) is 10.8. The molecule has 0 bridgehead atoms. The van der Waals surface area contributed by atoms with Gasteiger partial charge in [0.2, 0.25) is 17.6 Å². The van der Waals surface area contributed by atoms with Gasteiger partial charge in [0.1, 0.15) is 17.8 Å². The number of ketones is 1. The Bertz CT molecular complexity index is 1350. The van der Waals surface area contributed by atoms with Crippen molar-refractivity contribution in [1.82, 2.24) is 26.2 Å². The molecule has 0 radical (unpaired) electrons. The first-order valence-corrected chi connectivity index (χ1v) is 18.8. The molecule has 1 heterocycles. The lowest BCUT2D eigenvalue weighted by atomic mass is 9.81. The molecule has 4 rings (SSSR count). The summed E-state index contributed by atoms with van der Waals surface area (Å²) in [5.74, 6) is -1.91. The minimum absolute atomic E-state index is 0.0231. The second kappa shape index (κ2) is 17.4. The fourth-order valence-electron chi connectivity index (χ4n) is 7.98. The highest BCUT2D eigenvalue weighted by atomic mass is 16.2. The minimum atomic E-state index is -0.947. The molecular weight excluding hydrogens is 632 g/mol. The summed E-state index contributed by atoms with van der Waals surface area (Å²) in [5.41, 5.74) is 0.242. The van der Waals surface area contributed by atoms with E-state index in [0.717, 1.165) is 64.2 Å². The van der Waals surface area contributed by atoms with E-state index in [9.17, 15) is 24.0 Å². The molecule has 50 heavy (non-hydrogen) atoms. The zero-order chi connectivity index (χ0) is 36.6. The van der Waals surface area contributed by atoms with Crippen molar-refractivity contribution in [2.24, 2.45) is 28.2 Å². The number of hydrogen-bond donors (Lipinski definition) is 4. The molecule has 3 aliphatic carbocycles. The van der Waals surface area contributed by atoms with Crippen molar-refractivity contribution >= 4 is 35.6 Å². The lowest BCUT2D eigenvalue weighted by molar-refractivity contribution is -0.144. The molecular formula is C39H60N6O5. The highest BCUT2D eigenvalue weighted by Gasteiger charge is 2.52. The van der Waals surface area contributed by atoms with E-state index in [0.29, 0.717) is 25.1 Å². The average molecular weight is 693 g/mol. The Morgan fingerprint density at radius 3 is 2.22 bits per heavy atom. The van der Waals surface area contributed by atoms with Gasteiger partial charge < -0.3 is 26.2 Å². The van der Waals surface area contributed by atoms with Crippen LogP contribution in [0.15, 0.2) is 41.7 Å². The van der Waals surface area contributed by atoms with Gasteiger partial charge in [-0.05, 0) is 75.0 Å². The Labute approximate surface area is 298 Å². The summed E-state index contributed by atoms with van der Waals surface area (Å²) in [6.45, 7) is 18.1. The topological polar surface area (TPSA) is 149 Å². The van der Waals surface area contributed by atoms with Crippen LogP contribution in [0.2, 0.25) is 0 Å². The van der Waals surface area contributed by atoms with Gasteiger partial charge in [0.15, 0.2) is 0 Å². The molecule has 4 amide bonds. The molecule has 1 aliphatic heterocycles. The molecule has 4 N–H and O–H groups in total. The van der Waals surface area contributed by atoms with Crippen molar-refractivity contribution in [2.75, 3.05) is 6.54 Å². The Morgan fingerprint density at radius 1 is 0.920 bits per heavy atom. The SMILES string of the molecule is C=C/C=N\C(=C/C)C(=O)N[C@H](C(=C)NC(C(=O)N1C[C@@H]2CCC[C@@H]2[C@H]1C(=O)N[C@H](CCC)C(=O)C(=O)NC1CC1)C(C)(C)C)C1CCCCC1. The van der Waals surface area contributed by atoms with Crippen LogP contribution in [0, 0.1) is 23.2 Å². The molecule has 3 saturated carbocycles. The number of nitrogens with zero attached hydrogens (tertiary/aromatic N) is 2. The van der Waals surface area contributed by atoms with Crippen LogP contribution in [-0.4, -0.2) is 77.3 Å². The Morgan fingerprint density at radius 2 is 1.62 bits per heavy atom. The molecule has 4 aliphatic rings. The third kappa shape index (κ3) is 9.72. The molecule has 11 heteroatoms. The zero-order valence-electron chi connectivity index (χ0n) is 30.9. The standard InChI is InChI=1S/C39H60N6O5/c1-8-15-30(33(46)37(49)42-27-20-21-27)43-36(48)32-28-19-14-18-26(28)23-45(32)38(50)34(39(5,6)7)41-24(4)31(25-16-12-11-13-17-25)44-35(47)29(10-3)40-22-9-2/h9-10,22,25-28,30-32,34,41H,2,4,8,11-21,23H2,1,3,5-7H3,(H,42,49)(H,43,48)(H,44,47)/b29-10-,40-22-/t26-,28-,30+,31+,32-,34?/m0/s1. The van der Waals surface area contributed by atoms with Gasteiger partial charge in [-0.2, -0.15) is 0 Å². The Balaban J connectivity index is 1.57. The summed E-state index contributed by atoms with van der Waals surface area (Å²) < 4.78 is 0. The molecule has 6 atom stereocenters. The van der Waals surface area contributed by atoms with Crippen LogP contribution in [0.5, 0.6) is 0 Å². The Hall–Kier alpha value is -3.76. The monoisotopic (exact) mass is 692 g/mol. The van der Waals surface area contributed by atoms with Crippen LogP contribution in [0.25, 0.3) is 0 Å². The predicted molar refractivity (Wildman–Crippen MR) is 196 cm³/mol. The van der Waals surface area contributed by atoms with Gasteiger partial charge in [-0.3, -0.25) is 29.0 Å². The number of aliphatic imine (C=N–C) groups is 1. The van der Waals surface area contributed by atoms with E-state index in [1.54, 1.807) is 17.9 Å². The smallest absolute Gasteiger partial charge is 0.289 e. The van der Waals surface area contributed by atoms with Crippen LogP contribution >= 0.6 is 0 Å². The number of carbonyl (C=O) groups excluding carboxylic acids is 5. The highest BCUT2D eigenvalue weighted by molar-refractivity contribution is 6.38. The quantitative estimate of drug-likeness (QED) is 0.106. The maximum absolute atomic E-state index is 14.7. The summed E-state index contributed by atoms with van der Waals surface area (Å²) >= 11 is 0. The summed E-state index contributed by atoms with van der Waals surface area (Å²) in [4.78, 5) is 74.1. The second-order valence-electron chi connectivity index (χ2n) is 15.8. The molecule has 0 spiro atoms. The summed E-state index contributed by atoms with van der Waals surface area (Å²) in [7, 11) is 0. The van der Waals surface area contributed by atoms with Gasteiger partial charge in [0.05, 0.1) is 12.1 Å². The molecule has 0 aromatic carbocycles. The van der Waals surface area contributed by atoms with Gasteiger partial charge >= 0.3 is 0 Å². The lowest BCUT2D eigenvalue weighted by Crippen LogP contribution is -2.60. The van der Waals surface area contributed by atoms with Gasteiger partial charge in [0.25, 0.3) is 11.8 Å². The number of carbonyl (C=O) groups is 5. The fraction of sp³-hybridized carbons (Fsp3) is 0.692. The summed E-state index contributed by atoms with van der Waals surface area (Å²) in [6.07, 6.45) is 15.1. The van der Waals surface area contributed by atoms with Crippen LogP contribution in [0.4, 0.5) is 0 Å². The van der Waals surface area contributed by atoms with Crippen molar-refractivity contribution in [3.05, 3.63) is 36.7 Å². The van der Waals surface area contributed by atoms with Crippen molar-refractivity contribution in [2.45, 2.75) is 142 Å². The number of Topliss-reactive ketones (excluding diaryl/α,β-unsaturated/α-hetero) is 1. The Kier molecular flexibility index (Phi) is 13.6. The average Bonchev–Trinajstić information content (AvgIpc) is 3.65.